The Hall–Kier alpha value is -2.85. The average molecular weight is 438 g/mol. The highest BCUT2D eigenvalue weighted by Gasteiger charge is 2.17. The van der Waals surface area contributed by atoms with E-state index in [1.54, 1.807) is 36.6 Å². The van der Waals surface area contributed by atoms with E-state index in [0.717, 1.165) is 17.6 Å². The highest BCUT2D eigenvalue weighted by Crippen LogP contribution is 2.33. The molecular weight excluding hydrogens is 422 g/mol. The number of nitrogens with one attached hydrogen (secondary N) is 1. The Morgan fingerprint density at radius 2 is 1.93 bits per heavy atom. The van der Waals surface area contributed by atoms with Crippen molar-refractivity contribution in [1.82, 2.24) is 4.98 Å². The summed E-state index contributed by atoms with van der Waals surface area (Å²) in [4.78, 5) is 16.9. The van der Waals surface area contributed by atoms with E-state index in [4.69, 9.17) is 0 Å². The number of anilines is 1. The van der Waals surface area contributed by atoms with Crippen molar-refractivity contribution in [1.29, 1.82) is 0 Å². The van der Waals surface area contributed by atoms with Gasteiger partial charge in [-0.1, -0.05) is 18.2 Å². The maximum Gasteiger partial charge on any atom is 0.387 e. The molecule has 6 nitrogen and oxygen atoms in total. The second kappa shape index (κ2) is 8.26. The van der Waals surface area contributed by atoms with Gasteiger partial charge in [0.1, 0.15) is 5.75 Å². The van der Waals surface area contributed by atoms with Crippen LogP contribution in [0.2, 0.25) is 0 Å². The minimum Gasteiger partial charge on any atom is -0.434 e. The van der Waals surface area contributed by atoms with Crippen LogP contribution >= 0.6 is 11.3 Å². The highest BCUT2D eigenvalue weighted by molar-refractivity contribution is 7.90. The Balaban J connectivity index is 1.86. The van der Waals surface area contributed by atoms with Gasteiger partial charge in [-0.15, -0.1) is 11.3 Å². The summed E-state index contributed by atoms with van der Waals surface area (Å²) in [6, 6.07) is 10.5. The molecule has 10 heteroatoms. The third kappa shape index (κ3) is 4.96. The van der Waals surface area contributed by atoms with Crippen molar-refractivity contribution in [3.8, 4) is 17.0 Å². The Labute approximate surface area is 170 Å². The smallest absolute Gasteiger partial charge is 0.387 e. The number of halogens is 2. The molecular formula is C19H16F2N2O4S2. The molecule has 0 atom stereocenters. The quantitative estimate of drug-likeness (QED) is 0.618. The molecule has 2 aromatic carbocycles. The Morgan fingerprint density at radius 1 is 1.21 bits per heavy atom. The molecule has 1 heterocycles. The predicted octanol–water partition coefficient (Wildman–Crippen LogP) is 4.38. The van der Waals surface area contributed by atoms with Crippen LogP contribution in [0.5, 0.6) is 5.75 Å². The number of nitrogens with zero attached hydrogens (tertiary/aromatic N) is 1. The van der Waals surface area contributed by atoms with Crippen molar-refractivity contribution in [2.24, 2.45) is 0 Å². The lowest BCUT2D eigenvalue weighted by molar-refractivity contribution is -0.0494. The molecule has 3 aromatic rings. The average Bonchev–Trinajstić information content (AvgIpc) is 3.09. The maximum absolute atomic E-state index is 12.6. The summed E-state index contributed by atoms with van der Waals surface area (Å²) in [5, 5.41) is 4.45. The first-order chi connectivity index (χ1) is 13.6. The number of hydrogen-bond donors (Lipinski definition) is 1. The Morgan fingerprint density at radius 3 is 2.62 bits per heavy atom. The van der Waals surface area contributed by atoms with Crippen LogP contribution in [0.3, 0.4) is 0 Å². The number of para-hydroxylation sites is 1. The third-order valence-corrected chi connectivity index (χ3v) is 5.85. The number of carbonyl (C=O) groups excluding carboxylic acids is 1. The predicted molar refractivity (Wildman–Crippen MR) is 106 cm³/mol. The van der Waals surface area contributed by atoms with E-state index in [1.165, 1.54) is 18.2 Å². The van der Waals surface area contributed by atoms with E-state index >= 15 is 0 Å². The molecule has 0 fully saturated rings. The second-order valence-corrected chi connectivity index (χ2v) is 8.99. The summed E-state index contributed by atoms with van der Waals surface area (Å²) in [7, 11) is -3.46. The molecule has 0 aliphatic rings. The molecule has 29 heavy (non-hydrogen) atoms. The van der Waals surface area contributed by atoms with Crippen LogP contribution in [0.15, 0.2) is 52.7 Å². The van der Waals surface area contributed by atoms with Crippen LogP contribution in [-0.2, 0) is 9.84 Å². The number of aromatic nitrogens is 1. The lowest BCUT2D eigenvalue weighted by Crippen LogP contribution is -2.14. The van der Waals surface area contributed by atoms with E-state index in [-0.39, 0.29) is 21.3 Å². The molecule has 152 valence electrons. The standard InChI is InChI=1S/C19H16F2N2O4S2/c1-11-7-8-12(29(2,25)26)9-14(11)17(24)23-19-22-15(10-28-19)13-5-3-4-6-16(13)27-18(20)21/h3-10,18H,1-2H3,(H,22,23,24). The molecule has 0 aliphatic heterocycles. The monoisotopic (exact) mass is 438 g/mol. The first-order valence-corrected chi connectivity index (χ1v) is 11.0. The number of carbonyl (C=O) groups is 1. The number of ether oxygens (including phenoxy) is 1. The zero-order valence-electron chi connectivity index (χ0n) is 15.3. The van der Waals surface area contributed by atoms with Gasteiger partial charge < -0.3 is 4.74 Å². The normalized spacial score (nSPS) is 11.5. The minimum atomic E-state index is -3.46. The third-order valence-electron chi connectivity index (χ3n) is 3.99. The SMILES string of the molecule is Cc1ccc(S(C)(=O)=O)cc1C(=O)Nc1nc(-c2ccccc2OC(F)F)cs1. The summed E-state index contributed by atoms with van der Waals surface area (Å²) in [5.74, 6) is -0.548. The summed E-state index contributed by atoms with van der Waals surface area (Å²) in [6.45, 7) is -1.29. The topological polar surface area (TPSA) is 85.4 Å². The van der Waals surface area contributed by atoms with Crippen molar-refractivity contribution in [2.45, 2.75) is 18.4 Å². The van der Waals surface area contributed by atoms with Crippen LogP contribution in [0.25, 0.3) is 11.3 Å². The molecule has 1 amide bonds. The van der Waals surface area contributed by atoms with Gasteiger partial charge in [0, 0.05) is 22.8 Å². The van der Waals surface area contributed by atoms with Gasteiger partial charge >= 0.3 is 6.61 Å². The van der Waals surface area contributed by atoms with Gasteiger partial charge in [0.15, 0.2) is 15.0 Å². The number of hydrogen-bond acceptors (Lipinski definition) is 6. The van der Waals surface area contributed by atoms with Crippen LogP contribution in [0.1, 0.15) is 15.9 Å². The first-order valence-electron chi connectivity index (χ1n) is 8.27. The number of rotatable bonds is 6. The van der Waals surface area contributed by atoms with Gasteiger partial charge in [-0.05, 0) is 36.8 Å². The fraction of sp³-hybridized carbons (Fsp3) is 0.158. The molecule has 0 spiro atoms. The fourth-order valence-corrected chi connectivity index (χ4v) is 3.93. The summed E-state index contributed by atoms with van der Waals surface area (Å²) < 4.78 is 53.2. The van der Waals surface area contributed by atoms with E-state index in [0.29, 0.717) is 16.8 Å². The number of amides is 1. The van der Waals surface area contributed by atoms with Crippen LogP contribution in [0, 0.1) is 6.92 Å². The molecule has 1 aromatic heterocycles. The Kier molecular flexibility index (Phi) is 5.94. The molecule has 0 bridgehead atoms. The van der Waals surface area contributed by atoms with E-state index in [2.05, 4.69) is 15.0 Å². The van der Waals surface area contributed by atoms with Gasteiger partial charge in [0.05, 0.1) is 10.6 Å². The molecule has 0 unspecified atom stereocenters. The molecule has 0 aliphatic carbocycles. The Bertz CT molecular complexity index is 1160. The molecule has 0 saturated carbocycles. The van der Waals surface area contributed by atoms with E-state index in [1.807, 2.05) is 0 Å². The summed E-state index contributed by atoms with van der Waals surface area (Å²) >= 11 is 1.11. The summed E-state index contributed by atoms with van der Waals surface area (Å²) in [5.41, 5.74) is 1.52. The van der Waals surface area contributed by atoms with Gasteiger partial charge in [0.25, 0.3) is 5.91 Å². The lowest BCUT2D eigenvalue weighted by Gasteiger charge is -2.09. The van der Waals surface area contributed by atoms with E-state index < -0.39 is 22.4 Å². The minimum absolute atomic E-state index is 0.0256. The van der Waals surface area contributed by atoms with Crippen LogP contribution in [-0.4, -0.2) is 32.2 Å². The highest BCUT2D eigenvalue weighted by atomic mass is 32.2. The molecule has 3 rings (SSSR count). The summed E-state index contributed by atoms with van der Waals surface area (Å²) in [6.07, 6.45) is 1.06. The zero-order chi connectivity index (χ0) is 21.2. The number of sulfone groups is 1. The van der Waals surface area contributed by atoms with Gasteiger partial charge in [-0.3, -0.25) is 10.1 Å². The van der Waals surface area contributed by atoms with Crippen molar-refractivity contribution in [3.63, 3.8) is 0 Å². The second-order valence-electron chi connectivity index (χ2n) is 6.12. The van der Waals surface area contributed by atoms with Crippen molar-refractivity contribution in [3.05, 3.63) is 59.0 Å². The van der Waals surface area contributed by atoms with Gasteiger partial charge in [-0.25, -0.2) is 13.4 Å². The van der Waals surface area contributed by atoms with Crippen molar-refractivity contribution < 1.29 is 26.7 Å². The first kappa shape index (κ1) is 20.9. The molecule has 0 saturated heterocycles. The van der Waals surface area contributed by atoms with E-state index in [9.17, 15) is 22.0 Å². The maximum atomic E-state index is 12.6. The largest absolute Gasteiger partial charge is 0.434 e. The van der Waals surface area contributed by atoms with Gasteiger partial charge in [0.2, 0.25) is 0 Å². The number of aryl methyl sites for hydroxylation is 1. The van der Waals surface area contributed by atoms with Crippen molar-refractivity contribution in [2.75, 3.05) is 11.6 Å². The van der Waals surface area contributed by atoms with Gasteiger partial charge in [-0.2, -0.15) is 8.78 Å². The fourth-order valence-electron chi connectivity index (χ4n) is 2.57. The molecule has 1 N–H and O–H groups in total. The lowest BCUT2D eigenvalue weighted by atomic mass is 10.1. The van der Waals surface area contributed by atoms with Crippen LogP contribution in [0.4, 0.5) is 13.9 Å². The number of alkyl halides is 2. The van der Waals surface area contributed by atoms with Crippen LogP contribution < -0.4 is 10.1 Å². The number of benzene rings is 2. The number of thiazole rings is 1. The van der Waals surface area contributed by atoms with Crippen molar-refractivity contribution >= 4 is 32.2 Å². The molecule has 0 radical (unpaired) electrons. The zero-order valence-corrected chi connectivity index (χ0v) is 17.0.